The Labute approximate surface area is 137 Å². The van der Waals surface area contributed by atoms with Crippen molar-refractivity contribution < 1.29 is 9.18 Å². The average Bonchev–Trinajstić information content (AvgIpc) is 2.58. The van der Waals surface area contributed by atoms with Crippen molar-refractivity contribution in [3.8, 4) is 0 Å². The van der Waals surface area contributed by atoms with E-state index in [9.17, 15) is 9.18 Å². The second kappa shape index (κ2) is 9.03. The maximum Gasteiger partial charge on any atom is 0.220 e. The highest BCUT2D eigenvalue weighted by atomic mass is 19.1. The molecule has 4 heteroatoms. The summed E-state index contributed by atoms with van der Waals surface area (Å²) >= 11 is 0. The lowest BCUT2D eigenvalue weighted by molar-refractivity contribution is -0.121. The third-order valence-corrected chi connectivity index (χ3v) is 3.85. The van der Waals surface area contributed by atoms with Gasteiger partial charge in [0, 0.05) is 31.3 Å². The van der Waals surface area contributed by atoms with Gasteiger partial charge in [-0.15, -0.1) is 0 Å². The van der Waals surface area contributed by atoms with E-state index in [1.165, 1.54) is 12.1 Å². The van der Waals surface area contributed by atoms with Crippen LogP contribution in [0.5, 0.6) is 0 Å². The number of pyridine rings is 1. The molecule has 23 heavy (non-hydrogen) atoms. The highest BCUT2D eigenvalue weighted by Crippen LogP contribution is 2.20. The Kier molecular flexibility index (Phi) is 6.73. The van der Waals surface area contributed by atoms with E-state index in [0.29, 0.717) is 13.0 Å². The number of rotatable bonds is 8. The molecular weight excluding hydrogens is 291 g/mol. The summed E-state index contributed by atoms with van der Waals surface area (Å²) in [5.74, 6) is -0.0728. The molecule has 1 heterocycles. The van der Waals surface area contributed by atoms with Gasteiger partial charge in [0.05, 0.1) is 0 Å². The van der Waals surface area contributed by atoms with Crippen molar-refractivity contribution in [1.29, 1.82) is 0 Å². The van der Waals surface area contributed by atoms with Crippen molar-refractivity contribution in [1.82, 2.24) is 10.3 Å². The molecule has 0 bridgehead atoms. The minimum absolute atomic E-state index is 0.0742. The fourth-order valence-corrected chi connectivity index (χ4v) is 2.51. The first-order valence-electron chi connectivity index (χ1n) is 8.10. The number of amides is 1. The van der Waals surface area contributed by atoms with E-state index < -0.39 is 0 Å². The van der Waals surface area contributed by atoms with E-state index in [4.69, 9.17) is 0 Å². The van der Waals surface area contributed by atoms with Crippen LogP contribution in [-0.4, -0.2) is 17.4 Å². The van der Waals surface area contributed by atoms with Crippen LogP contribution >= 0.6 is 0 Å². The van der Waals surface area contributed by atoms with Gasteiger partial charge in [-0.25, -0.2) is 4.39 Å². The van der Waals surface area contributed by atoms with Crippen molar-refractivity contribution in [3.63, 3.8) is 0 Å². The number of unbranched alkanes of at least 4 members (excludes halogenated alkanes) is 1. The Bertz CT molecular complexity index is 599. The second-order valence-corrected chi connectivity index (χ2v) is 5.72. The average molecular weight is 314 g/mol. The van der Waals surface area contributed by atoms with Gasteiger partial charge >= 0.3 is 0 Å². The SMILES string of the molecule is CCCCC(=O)NCC(Cc1cccnc1)c1ccc(F)cc1. The van der Waals surface area contributed by atoms with E-state index in [2.05, 4.69) is 17.2 Å². The quantitative estimate of drug-likeness (QED) is 0.804. The van der Waals surface area contributed by atoms with E-state index in [-0.39, 0.29) is 17.6 Å². The van der Waals surface area contributed by atoms with Gasteiger partial charge in [0.25, 0.3) is 0 Å². The number of carbonyl (C=O) groups is 1. The number of carbonyl (C=O) groups excluding carboxylic acids is 1. The predicted octanol–water partition coefficient (Wildman–Crippen LogP) is 3.85. The topological polar surface area (TPSA) is 42.0 Å². The van der Waals surface area contributed by atoms with Gasteiger partial charge in [0.2, 0.25) is 5.91 Å². The van der Waals surface area contributed by atoms with Crippen molar-refractivity contribution in [2.75, 3.05) is 6.54 Å². The first kappa shape index (κ1) is 17.1. The molecule has 0 saturated heterocycles. The van der Waals surface area contributed by atoms with E-state index in [1.807, 2.05) is 18.3 Å². The molecule has 122 valence electrons. The zero-order chi connectivity index (χ0) is 16.5. The summed E-state index contributed by atoms with van der Waals surface area (Å²) < 4.78 is 13.2. The van der Waals surface area contributed by atoms with Gasteiger partial charge in [-0.05, 0) is 42.2 Å². The molecule has 1 aromatic carbocycles. The summed E-state index contributed by atoms with van der Waals surface area (Å²) in [6, 6.07) is 10.4. The maximum absolute atomic E-state index is 13.2. The number of aromatic nitrogens is 1. The molecule has 0 fully saturated rings. The zero-order valence-electron chi connectivity index (χ0n) is 13.5. The molecule has 0 spiro atoms. The number of nitrogens with zero attached hydrogens (tertiary/aromatic N) is 1. The van der Waals surface area contributed by atoms with Gasteiger partial charge in [0.15, 0.2) is 0 Å². The molecule has 1 amide bonds. The normalized spacial score (nSPS) is 11.9. The van der Waals surface area contributed by atoms with Gasteiger partial charge in [-0.1, -0.05) is 31.5 Å². The van der Waals surface area contributed by atoms with Crippen LogP contribution in [0, 0.1) is 5.82 Å². The summed E-state index contributed by atoms with van der Waals surface area (Å²) in [5.41, 5.74) is 2.12. The molecule has 1 unspecified atom stereocenters. The van der Waals surface area contributed by atoms with Crippen LogP contribution in [0.25, 0.3) is 0 Å². The molecule has 0 saturated carbocycles. The fourth-order valence-electron chi connectivity index (χ4n) is 2.51. The highest BCUT2D eigenvalue weighted by molar-refractivity contribution is 5.75. The molecule has 3 nitrogen and oxygen atoms in total. The second-order valence-electron chi connectivity index (χ2n) is 5.72. The molecule has 2 aromatic rings. The third kappa shape index (κ3) is 5.81. The van der Waals surface area contributed by atoms with Crippen LogP contribution in [0.4, 0.5) is 4.39 Å². The number of hydrogen-bond donors (Lipinski definition) is 1. The Morgan fingerprint density at radius 2 is 2.04 bits per heavy atom. The van der Waals surface area contributed by atoms with Crippen LogP contribution in [0.15, 0.2) is 48.8 Å². The first-order chi connectivity index (χ1) is 11.2. The molecule has 0 aliphatic rings. The van der Waals surface area contributed by atoms with Crippen LogP contribution < -0.4 is 5.32 Å². The predicted molar refractivity (Wildman–Crippen MR) is 89.6 cm³/mol. The van der Waals surface area contributed by atoms with Gasteiger partial charge in [-0.2, -0.15) is 0 Å². The van der Waals surface area contributed by atoms with E-state index >= 15 is 0 Å². The van der Waals surface area contributed by atoms with Crippen molar-refractivity contribution in [3.05, 3.63) is 65.7 Å². The molecular formula is C19H23FN2O. The molecule has 0 aliphatic heterocycles. The summed E-state index contributed by atoms with van der Waals surface area (Å²) in [4.78, 5) is 16.0. The van der Waals surface area contributed by atoms with E-state index in [0.717, 1.165) is 30.4 Å². The molecule has 1 N–H and O–H groups in total. The summed E-state index contributed by atoms with van der Waals surface area (Å²) in [6.07, 6.45) is 6.78. The minimum atomic E-state index is -0.249. The first-order valence-corrected chi connectivity index (χ1v) is 8.10. The smallest absolute Gasteiger partial charge is 0.220 e. The Morgan fingerprint density at radius 1 is 1.26 bits per heavy atom. The molecule has 0 radical (unpaired) electrons. The molecule has 2 rings (SSSR count). The summed E-state index contributed by atoms with van der Waals surface area (Å²) in [5, 5.41) is 3.00. The van der Waals surface area contributed by atoms with E-state index in [1.54, 1.807) is 18.3 Å². The number of halogens is 1. The van der Waals surface area contributed by atoms with Gasteiger partial charge < -0.3 is 5.32 Å². The van der Waals surface area contributed by atoms with Crippen molar-refractivity contribution in [2.24, 2.45) is 0 Å². The molecule has 0 aliphatic carbocycles. The largest absolute Gasteiger partial charge is 0.355 e. The maximum atomic E-state index is 13.2. The lowest BCUT2D eigenvalue weighted by Crippen LogP contribution is -2.29. The monoisotopic (exact) mass is 314 g/mol. The Balaban J connectivity index is 2.05. The van der Waals surface area contributed by atoms with Gasteiger partial charge in [-0.3, -0.25) is 9.78 Å². The molecule has 1 atom stereocenters. The number of hydrogen-bond acceptors (Lipinski definition) is 2. The fraction of sp³-hybridized carbons (Fsp3) is 0.368. The van der Waals surface area contributed by atoms with Crippen molar-refractivity contribution >= 4 is 5.91 Å². The zero-order valence-corrected chi connectivity index (χ0v) is 13.5. The standard InChI is InChI=1S/C19H23FN2O/c1-2-3-6-19(23)22-14-17(12-15-5-4-11-21-13-15)16-7-9-18(20)10-8-16/h4-5,7-11,13,17H,2-3,6,12,14H2,1H3,(H,22,23). The number of benzene rings is 1. The lowest BCUT2D eigenvalue weighted by atomic mass is 9.92. The summed E-state index contributed by atoms with van der Waals surface area (Å²) in [6.45, 7) is 2.61. The lowest BCUT2D eigenvalue weighted by Gasteiger charge is -2.18. The molecule has 1 aromatic heterocycles. The van der Waals surface area contributed by atoms with Crippen LogP contribution in [0.3, 0.4) is 0 Å². The third-order valence-electron chi connectivity index (χ3n) is 3.85. The van der Waals surface area contributed by atoms with Crippen LogP contribution in [0.1, 0.15) is 43.2 Å². The summed E-state index contributed by atoms with van der Waals surface area (Å²) in [7, 11) is 0. The highest BCUT2D eigenvalue weighted by Gasteiger charge is 2.14. The minimum Gasteiger partial charge on any atom is -0.355 e. The van der Waals surface area contributed by atoms with Crippen LogP contribution in [0.2, 0.25) is 0 Å². The van der Waals surface area contributed by atoms with Gasteiger partial charge in [0.1, 0.15) is 5.82 Å². The van der Waals surface area contributed by atoms with Crippen LogP contribution in [-0.2, 0) is 11.2 Å². The Morgan fingerprint density at radius 3 is 2.70 bits per heavy atom. The van der Waals surface area contributed by atoms with Crippen molar-refractivity contribution in [2.45, 2.75) is 38.5 Å². The Hall–Kier alpha value is -2.23. The number of nitrogens with one attached hydrogen (secondary N) is 1.